The number of rotatable bonds is 13. The van der Waals surface area contributed by atoms with Gasteiger partial charge in [-0.25, -0.2) is 0 Å². The molecular formula is C15H31NO3. The van der Waals surface area contributed by atoms with Crippen LogP contribution in [0.3, 0.4) is 0 Å². The summed E-state index contributed by atoms with van der Waals surface area (Å²) in [5.74, 6) is -0.909. The molecule has 0 amide bonds. The summed E-state index contributed by atoms with van der Waals surface area (Å²) >= 11 is 0. The number of hydrogen-bond acceptors (Lipinski definition) is 3. The van der Waals surface area contributed by atoms with Crippen LogP contribution in [0, 0.1) is 0 Å². The van der Waals surface area contributed by atoms with E-state index in [1.807, 2.05) is 4.90 Å². The van der Waals surface area contributed by atoms with Crippen molar-refractivity contribution in [3.05, 3.63) is 0 Å². The van der Waals surface area contributed by atoms with E-state index in [1.165, 1.54) is 25.7 Å². The first-order chi connectivity index (χ1) is 9.17. The highest BCUT2D eigenvalue weighted by molar-refractivity contribution is 5.73. The van der Waals surface area contributed by atoms with Gasteiger partial charge in [0, 0.05) is 0 Å². The Hall–Kier alpha value is -0.610. The van der Waals surface area contributed by atoms with E-state index in [0.717, 1.165) is 38.8 Å². The predicted octanol–water partition coefficient (Wildman–Crippen LogP) is 2.89. The van der Waals surface area contributed by atoms with Crippen molar-refractivity contribution >= 4 is 5.97 Å². The van der Waals surface area contributed by atoms with E-state index in [-0.39, 0.29) is 6.61 Å². The molecule has 1 atom stereocenters. The lowest BCUT2D eigenvalue weighted by Crippen LogP contribution is -2.44. The Morgan fingerprint density at radius 3 is 1.74 bits per heavy atom. The molecule has 0 aromatic carbocycles. The van der Waals surface area contributed by atoms with Gasteiger partial charge >= 0.3 is 5.97 Å². The minimum Gasteiger partial charge on any atom is -0.480 e. The first-order valence-corrected chi connectivity index (χ1v) is 7.75. The minimum atomic E-state index is -0.909. The molecule has 0 bridgehead atoms. The maximum atomic E-state index is 11.1. The SMILES string of the molecule is CCCCCCN(CCCCCC)C(CO)C(=O)O. The number of aliphatic carboxylic acids is 1. The van der Waals surface area contributed by atoms with Crippen LogP contribution < -0.4 is 0 Å². The third-order valence-corrected chi connectivity index (χ3v) is 3.50. The lowest BCUT2D eigenvalue weighted by Gasteiger charge is -2.27. The molecule has 1 unspecified atom stereocenters. The number of hydrogen-bond donors (Lipinski definition) is 2. The summed E-state index contributed by atoms with van der Waals surface area (Å²) in [5, 5.41) is 18.4. The van der Waals surface area contributed by atoms with Crippen molar-refractivity contribution in [1.82, 2.24) is 4.90 Å². The van der Waals surface area contributed by atoms with Gasteiger partial charge < -0.3 is 10.2 Å². The largest absolute Gasteiger partial charge is 0.480 e. The molecule has 0 saturated carbocycles. The Morgan fingerprint density at radius 2 is 1.42 bits per heavy atom. The van der Waals surface area contributed by atoms with E-state index >= 15 is 0 Å². The predicted molar refractivity (Wildman–Crippen MR) is 78.4 cm³/mol. The van der Waals surface area contributed by atoms with Crippen LogP contribution in [0.1, 0.15) is 65.2 Å². The van der Waals surface area contributed by atoms with E-state index < -0.39 is 12.0 Å². The van der Waals surface area contributed by atoms with Gasteiger partial charge in [-0.1, -0.05) is 52.4 Å². The molecule has 0 aliphatic rings. The average molecular weight is 273 g/mol. The molecule has 0 aromatic heterocycles. The first kappa shape index (κ1) is 18.4. The highest BCUT2D eigenvalue weighted by atomic mass is 16.4. The molecule has 0 spiro atoms. The molecule has 0 heterocycles. The molecule has 0 aromatic rings. The van der Waals surface area contributed by atoms with E-state index in [9.17, 15) is 9.90 Å². The van der Waals surface area contributed by atoms with Crippen LogP contribution in [0.2, 0.25) is 0 Å². The van der Waals surface area contributed by atoms with Crippen LogP contribution in [0.15, 0.2) is 0 Å². The maximum Gasteiger partial charge on any atom is 0.323 e. The van der Waals surface area contributed by atoms with Gasteiger partial charge in [0.05, 0.1) is 6.61 Å². The third kappa shape index (κ3) is 9.00. The van der Waals surface area contributed by atoms with Crippen LogP contribution in [-0.2, 0) is 4.79 Å². The summed E-state index contributed by atoms with van der Waals surface area (Å²) in [6.45, 7) is 5.59. The fourth-order valence-corrected chi connectivity index (χ4v) is 2.26. The molecule has 0 fully saturated rings. The van der Waals surface area contributed by atoms with Gasteiger partial charge in [0.25, 0.3) is 0 Å². The van der Waals surface area contributed by atoms with Crippen molar-refractivity contribution in [2.75, 3.05) is 19.7 Å². The number of aliphatic hydroxyl groups is 1. The second kappa shape index (κ2) is 12.4. The summed E-state index contributed by atoms with van der Waals surface area (Å²) in [4.78, 5) is 13.1. The van der Waals surface area contributed by atoms with Crippen LogP contribution in [0.4, 0.5) is 0 Å². The van der Waals surface area contributed by atoms with Gasteiger partial charge in [-0.15, -0.1) is 0 Å². The number of carboxylic acid groups (broad SMARTS) is 1. The number of carbonyl (C=O) groups is 1. The third-order valence-electron chi connectivity index (χ3n) is 3.50. The van der Waals surface area contributed by atoms with E-state index in [4.69, 9.17) is 5.11 Å². The van der Waals surface area contributed by atoms with Crippen molar-refractivity contribution in [2.24, 2.45) is 0 Å². The zero-order chi connectivity index (χ0) is 14.5. The Labute approximate surface area is 117 Å². The molecule has 0 aliphatic heterocycles. The topological polar surface area (TPSA) is 60.8 Å². The summed E-state index contributed by atoms with van der Waals surface area (Å²) in [5.41, 5.74) is 0. The molecule has 2 N–H and O–H groups in total. The maximum absolute atomic E-state index is 11.1. The van der Waals surface area contributed by atoms with Crippen molar-refractivity contribution in [2.45, 2.75) is 71.3 Å². The van der Waals surface area contributed by atoms with Crippen LogP contribution in [0.25, 0.3) is 0 Å². The van der Waals surface area contributed by atoms with Crippen molar-refractivity contribution in [1.29, 1.82) is 0 Å². The Bertz CT molecular complexity index is 209. The van der Waals surface area contributed by atoms with Crippen molar-refractivity contribution < 1.29 is 15.0 Å². The molecule has 0 aliphatic carbocycles. The highest BCUT2D eigenvalue weighted by Gasteiger charge is 2.23. The lowest BCUT2D eigenvalue weighted by atomic mass is 10.1. The standard InChI is InChI=1S/C15H31NO3/c1-3-5-7-9-11-16(12-10-8-6-4-2)14(13-17)15(18)19/h14,17H,3-13H2,1-2H3,(H,18,19). The first-order valence-electron chi connectivity index (χ1n) is 7.75. The molecule has 19 heavy (non-hydrogen) atoms. The Morgan fingerprint density at radius 1 is 0.947 bits per heavy atom. The zero-order valence-electron chi connectivity index (χ0n) is 12.6. The summed E-state index contributed by atoms with van der Waals surface area (Å²) < 4.78 is 0. The van der Waals surface area contributed by atoms with Crippen LogP contribution in [-0.4, -0.2) is 46.8 Å². The minimum absolute atomic E-state index is 0.295. The van der Waals surface area contributed by atoms with Crippen LogP contribution >= 0.6 is 0 Å². The fraction of sp³-hybridized carbons (Fsp3) is 0.933. The summed E-state index contributed by atoms with van der Waals surface area (Å²) in [7, 11) is 0. The number of unbranched alkanes of at least 4 members (excludes halogenated alkanes) is 6. The molecule has 4 nitrogen and oxygen atoms in total. The smallest absolute Gasteiger partial charge is 0.323 e. The number of aliphatic hydroxyl groups excluding tert-OH is 1. The summed E-state index contributed by atoms with van der Waals surface area (Å²) in [6, 6.07) is -0.733. The average Bonchev–Trinajstić information content (AvgIpc) is 2.39. The zero-order valence-corrected chi connectivity index (χ0v) is 12.6. The quantitative estimate of drug-likeness (QED) is 0.507. The highest BCUT2D eigenvalue weighted by Crippen LogP contribution is 2.09. The van der Waals surface area contributed by atoms with E-state index in [1.54, 1.807) is 0 Å². The summed E-state index contributed by atoms with van der Waals surface area (Å²) in [6.07, 6.45) is 9.06. The van der Waals surface area contributed by atoms with E-state index in [2.05, 4.69) is 13.8 Å². The Kier molecular flexibility index (Phi) is 12.0. The monoisotopic (exact) mass is 273 g/mol. The number of carboxylic acids is 1. The van der Waals surface area contributed by atoms with Gasteiger partial charge in [-0.2, -0.15) is 0 Å². The molecule has 0 radical (unpaired) electrons. The molecule has 4 heteroatoms. The van der Waals surface area contributed by atoms with E-state index in [0.29, 0.717) is 0 Å². The lowest BCUT2D eigenvalue weighted by molar-refractivity contribution is -0.145. The molecule has 114 valence electrons. The molecule has 0 rings (SSSR count). The van der Waals surface area contributed by atoms with Gasteiger partial charge in [0.1, 0.15) is 6.04 Å². The van der Waals surface area contributed by atoms with Crippen LogP contribution in [0.5, 0.6) is 0 Å². The Balaban J connectivity index is 4.16. The second-order valence-electron chi connectivity index (χ2n) is 5.19. The normalized spacial score (nSPS) is 12.8. The molecular weight excluding hydrogens is 242 g/mol. The van der Waals surface area contributed by atoms with Gasteiger partial charge in [0.2, 0.25) is 0 Å². The second-order valence-corrected chi connectivity index (χ2v) is 5.19. The van der Waals surface area contributed by atoms with Gasteiger partial charge in [-0.05, 0) is 25.9 Å². The fourth-order valence-electron chi connectivity index (χ4n) is 2.26. The van der Waals surface area contributed by atoms with Gasteiger partial charge in [-0.3, -0.25) is 9.69 Å². The van der Waals surface area contributed by atoms with Gasteiger partial charge in [0.15, 0.2) is 0 Å². The molecule has 0 saturated heterocycles. The van der Waals surface area contributed by atoms with Crippen molar-refractivity contribution in [3.8, 4) is 0 Å². The number of nitrogens with zero attached hydrogens (tertiary/aromatic N) is 1. The van der Waals surface area contributed by atoms with Crippen molar-refractivity contribution in [3.63, 3.8) is 0 Å².